The van der Waals surface area contributed by atoms with Gasteiger partial charge in [-0.2, -0.15) is 0 Å². The summed E-state index contributed by atoms with van der Waals surface area (Å²) in [5, 5.41) is 16.3. The smallest absolute Gasteiger partial charge is 0.326 e. The van der Waals surface area contributed by atoms with Gasteiger partial charge >= 0.3 is 5.97 Å². The van der Waals surface area contributed by atoms with Crippen molar-refractivity contribution >= 4 is 63.6 Å². The highest BCUT2D eigenvalue weighted by atomic mass is 127. The van der Waals surface area contributed by atoms with Crippen LogP contribution in [-0.4, -0.2) is 122 Å². The van der Waals surface area contributed by atoms with E-state index in [0.717, 1.165) is 11.1 Å². The molecule has 2 aromatic carbocycles. The average molecular weight is 1040 g/mol. The number of morpholine rings is 1. The number of ether oxygens (including phenoxy) is 2. The average Bonchev–Trinajstić information content (AvgIpc) is 3.73. The standard InChI is InChI=1S/C50H70IN7O9/c1-34(2)25-42(53-48(64)38(18-17-36-13-9-7-10-14-36)28-41(59)32-58-21-23-66-24-22-58)44(60)29-39(27-37-15-11-8-12-16-37)49(65)54-43(26-35(3)4)47(63)50(5,33-51)67-46(62)30-52-45(61)20-19-40-31-57(6)56-55-40/h7-16,31,34-35,38-39,42-43H,17-30,32-33H2,1-6H3,(H,52,61)(H,53,64)(H,54,65)/t38-,39-,42+,43+,50-/m1/s1. The van der Waals surface area contributed by atoms with Gasteiger partial charge in [-0.3, -0.25) is 43.1 Å². The van der Waals surface area contributed by atoms with Crippen molar-refractivity contribution in [1.82, 2.24) is 35.8 Å². The molecule has 1 saturated heterocycles. The first-order valence-electron chi connectivity index (χ1n) is 23.4. The number of carbonyl (C=O) groups excluding carboxylic acids is 7. The van der Waals surface area contributed by atoms with Crippen molar-refractivity contribution in [1.29, 1.82) is 0 Å². The van der Waals surface area contributed by atoms with E-state index in [1.165, 1.54) is 11.6 Å². The second-order valence-corrected chi connectivity index (χ2v) is 19.4. The number of Topliss-reactive ketones (excluding diaryl/α,β-unsaturated/α-hetero) is 3. The summed E-state index contributed by atoms with van der Waals surface area (Å²) >= 11 is 1.96. The van der Waals surface area contributed by atoms with E-state index in [9.17, 15) is 33.6 Å². The molecule has 1 aliphatic heterocycles. The maximum Gasteiger partial charge on any atom is 0.326 e. The summed E-state index contributed by atoms with van der Waals surface area (Å²) in [5.74, 6) is -4.73. The van der Waals surface area contributed by atoms with Gasteiger partial charge in [0.15, 0.2) is 17.2 Å². The molecule has 17 heteroatoms. The topological polar surface area (TPSA) is 208 Å². The second kappa shape index (κ2) is 27.8. The molecule has 1 fully saturated rings. The lowest BCUT2D eigenvalue weighted by molar-refractivity contribution is -0.164. The molecular formula is C50H70IN7O9. The Hall–Kier alpha value is -4.88. The lowest BCUT2D eigenvalue weighted by Crippen LogP contribution is -2.55. The van der Waals surface area contributed by atoms with Crippen molar-refractivity contribution in [3.63, 3.8) is 0 Å². The van der Waals surface area contributed by atoms with Crippen LogP contribution in [0.1, 0.15) is 90.0 Å². The van der Waals surface area contributed by atoms with E-state index in [2.05, 4.69) is 26.3 Å². The van der Waals surface area contributed by atoms with Crippen LogP contribution in [0.2, 0.25) is 0 Å². The number of nitrogens with zero attached hydrogens (tertiary/aromatic N) is 4. The van der Waals surface area contributed by atoms with Gasteiger partial charge in [0.05, 0.1) is 37.5 Å². The Labute approximate surface area is 409 Å². The predicted octanol–water partition coefficient (Wildman–Crippen LogP) is 4.59. The third-order valence-corrected chi connectivity index (χ3v) is 13.1. The van der Waals surface area contributed by atoms with E-state index >= 15 is 0 Å². The number of aryl methyl sites for hydroxylation is 3. The van der Waals surface area contributed by atoms with E-state index in [1.54, 1.807) is 13.2 Å². The van der Waals surface area contributed by atoms with Crippen LogP contribution in [0.3, 0.4) is 0 Å². The summed E-state index contributed by atoms with van der Waals surface area (Å²) in [6.07, 6.45) is 3.56. The number of carbonyl (C=O) groups is 7. The molecule has 0 spiro atoms. The minimum atomic E-state index is -1.66. The molecule has 5 atom stereocenters. The molecular weight excluding hydrogens is 969 g/mol. The highest BCUT2D eigenvalue weighted by molar-refractivity contribution is 14.1. The molecule has 1 aromatic heterocycles. The van der Waals surface area contributed by atoms with Crippen molar-refractivity contribution in [2.45, 2.75) is 110 Å². The van der Waals surface area contributed by atoms with Gasteiger partial charge < -0.3 is 25.4 Å². The summed E-state index contributed by atoms with van der Waals surface area (Å²) in [6, 6.07) is 17.0. The molecule has 2 heterocycles. The lowest BCUT2D eigenvalue weighted by Gasteiger charge is -2.32. The Morgan fingerprint density at radius 2 is 1.40 bits per heavy atom. The second-order valence-electron chi connectivity index (χ2n) is 18.7. The number of hydrogen-bond acceptors (Lipinski definition) is 12. The van der Waals surface area contributed by atoms with Crippen molar-refractivity contribution < 1.29 is 43.0 Å². The third kappa shape index (κ3) is 19.3. The minimum absolute atomic E-state index is 0.000500. The zero-order chi connectivity index (χ0) is 48.9. The number of alkyl halides is 1. The Morgan fingerprint density at radius 3 is 2.00 bits per heavy atom. The van der Waals surface area contributed by atoms with E-state index in [1.807, 2.05) is 116 Å². The number of esters is 1. The Bertz CT molecular complexity index is 2080. The summed E-state index contributed by atoms with van der Waals surface area (Å²) in [4.78, 5) is 98.8. The molecule has 3 aromatic rings. The zero-order valence-electron chi connectivity index (χ0n) is 40.0. The van der Waals surface area contributed by atoms with Gasteiger partial charge in [-0.05, 0) is 62.0 Å². The normalized spacial score (nSPS) is 15.7. The molecule has 0 saturated carbocycles. The lowest BCUT2D eigenvalue weighted by atomic mass is 9.87. The van der Waals surface area contributed by atoms with E-state index in [4.69, 9.17) is 9.47 Å². The van der Waals surface area contributed by atoms with E-state index < -0.39 is 59.6 Å². The molecule has 3 N–H and O–H groups in total. The van der Waals surface area contributed by atoms with Crippen LogP contribution < -0.4 is 16.0 Å². The summed E-state index contributed by atoms with van der Waals surface area (Å²) in [5.41, 5.74) is 0.803. The molecule has 0 bridgehead atoms. The van der Waals surface area contributed by atoms with Gasteiger partial charge in [0, 0.05) is 68.3 Å². The minimum Gasteiger partial charge on any atom is -0.449 e. The Morgan fingerprint density at radius 1 is 0.806 bits per heavy atom. The van der Waals surface area contributed by atoms with Gasteiger partial charge in [0.25, 0.3) is 0 Å². The van der Waals surface area contributed by atoms with Gasteiger partial charge in [0.2, 0.25) is 17.7 Å². The number of rotatable bonds is 29. The monoisotopic (exact) mass is 1040 g/mol. The summed E-state index contributed by atoms with van der Waals surface area (Å²) < 4.78 is 12.8. The largest absolute Gasteiger partial charge is 0.449 e. The molecule has 16 nitrogen and oxygen atoms in total. The number of halogens is 1. The van der Waals surface area contributed by atoms with Crippen LogP contribution in [-0.2, 0) is 69.3 Å². The van der Waals surface area contributed by atoms with Crippen LogP contribution in [0.4, 0.5) is 0 Å². The third-order valence-electron chi connectivity index (χ3n) is 11.7. The van der Waals surface area contributed by atoms with E-state index in [-0.39, 0.29) is 72.4 Å². The fourth-order valence-electron chi connectivity index (χ4n) is 8.03. The quantitative estimate of drug-likeness (QED) is 0.0496. The van der Waals surface area contributed by atoms with Gasteiger partial charge in [-0.15, -0.1) is 5.10 Å². The highest BCUT2D eigenvalue weighted by Gasteiger charge is 2.42. The van der Waals surface area contributed by atoms with Crippen molar-refractivity contribution in [3.8, 4) is 0 Å². The number of hydrogen-bond donors (Lipinski definition) is 3. The Kier molecular flexibility index (Phi) is 22.7. The molecule has 0 unspecified atom stereocenters. The summed E-state index contributed by atoms with van der Waals surface area (Å²) in [7, 11) is 1.72. The molecule has 67 heavy (non-hydrogen) atoms. The van der Waals surface area contributed by atoms with Crippen LogP contribution in [0.5, 0.6) is 0 Å². The molecule has 4 rings (SSSR count). The number of nitrogens with one attached hydrogen (secondary N) is 3. The van der Waals surface area contributed by atoms with Gasteiger partial charge in [-0.25, -0.2) is 0 Å². The molecule has 1 aliphatic rings. The van der Waals surface area contributed by atoms with Crippen molar-refractivity contribution in [2.75, 3.05) is 43.8 Å². The van der Waals surface area contributed by atoms with Crippen LogP contribution in [0.15, 0.2) is 66.9 Å². The number of benzene rings is 2. The van der Waals surface area contributed by atoms with Gasteiger partial charge in [-0.1, -0.05) is 116 Å². The fraction of sp³-hybridized carbons (Fsp3) is 0.580. The maximum absolute atomic E-state index is 14.5. The number of aromatic nitrogens is 3. The highest BCUT2D eigenvalue weighted by Crippen LogP contribution is 2.24. The molecule has 366 valence electrons. The Balaban J connectivity index is 1.50. The van der Waals surface area contributed by atoms with Crippen LogP contribution in [0.25, 0.3) is 0 Å². The predicted molar refractivity (Wildman–Crippen MR) is 262 cm³/mol. The van der Waals surface area contributed by atoms with Gasteiger partial charge in [0.1, 0.15) is 12.3 Å². The molecule has 0 radical (unpaired) electrons. The molecule has 0 aliphatic carbocycles. The first-order valence-corrected chi connectivity index (χ1v) is 24.9. The van der Waals surface area contributed by atoms with Crippen LogP contribution in [0, 0.1) is 23.7 Å². The number of ketones is 3. The first kappa shape index (κ1) is 54.7. The fourth-order valence-corrected chi connectivity index (χ4v) is 8.57. The van der Waals surface area contributed by atoms with Crippen LogP contribution >= 0.6 is 22.6 Å². The SMILES string of the molecule is CC(C)C[C@H](NC(=O)[C@H](CCc1ccccc1)CC(=O)CN1CCOCC1)C(=O)C[C@@H](Cc1ccccc1)C(=O)N[C@@H](CC(C)C)C(=O)[C@@](C)(CI)OC(=O)CNC(=O)CCc1cn(C)nn1. The molecule has 3 amide bonds. The van der Waals surface area contributed by atoms with Crippen molar-refractivity contribution in [3.05, 3.63) is 83.7 Å². The first-order chi connectivity index (χ1) is 31.9. The van der Waals surface area contributed by atoms with Crippen molar-refractivity contribution in [2.24, 2.45) is 30.7 Å². The maximum atomic E-state index is 14.5. The van der Waals surface area contributed by atoms with E-state index in [0.29, 0.717) is 57.7 Å². The summed E-state index contributed by atoms with van der Waals surface area (Å²) in [6.45, 7) is 11.3. The zero-order valence-corrected chi connectivity index (χ0v) is 42.1. The number of amides is 3.